The van der Waals surface area contributed by atoms with Crippen LogP contribution in [-0.4, -0.2) is 43.7 Å². The van der Waals surface area contributed by atoms with E-state index in [1.807, 2.05) is 25.1 Å². The molecule has 2 aromatic rings. The third-order valence-corrected chi connectivity index (χ3v) is 6.48. The molecule has 162 valence electrons. The van der Waals surface area contributed by atoms with Gasteiger partial charge in [0, 0.05) is 11.3 Å². The van der Waals surface area contributed by atoms with Crippen LogP contribution in [0.5, 0.6) is 5.75 Å². The highest BCUT2D eigenvalue weighted by atomic mass is 16.3. The lowest BCUT2D eigenvalue weighted by Gasteiger charge is -2.29. The number of aryl methyl sites for hydroxylation is 2. The van der Waals surface area contributed by atoms with Gasteiger partial charge in [-0.2, -0.15) is 0 Å². The normalized spacial score (nSPS) is 19.1. The highest BCUT2D eigenvalue weighted by Gasteiger charge is 2.26. The summed E-state index contributed by atoms with van der Waals surface area (Å²) in [7, 11) is 0. The predicted molar refractivity (Wildman–Crippen MR) is 121 cm³/mol. The van der Waals surface area contributed by atoms with Gasteiger partial charge < -0.3 is 20.2 Å². The molecule has 30 heavy (non-hydrogen) atoms. The highest BCUT2D eigenvalue weighted by molar-refractivity contribution is 5.92. The Morgan fingerprint density at radius 3 is 2.37 bits per heavy atom. The summed E-state index contributed by atoms with van der Waals surface area (Å²) in [5.41, 5.74) is 6.75. The zero-order chi connectivity index (χ0) is 21.8. The Labute approximate surface area is 180 Å². The Morgan fingerprint density at radius 2 is 1.70 bits per heavy atom. The molecule has 0 spiro atoms. The minimum atomic E-state index is 0.0832. The smallest absolute Gasteiger partial charge is 0.279 e. The van der Waals surface area contributed by atoms with E-state index in [0.29, 0.717) is 18.2 Å². The molecule has 0 saturated carbocycles. The molecule has 3 rings (SSSR count). The van der Waals surface area contributed by atoms with E-state index in [4.69, 9.17) is 0 Å². The molecule has 0 atom stereocenters. The van der Waals surface area contributed by atoms with E-state index in [0.717, 1.165) is 55.1 Å². The Balaban J connectivity index is 1.52. The summed E-state index contributed by atoms with van der Waals surface area (Å²) < 4.78 is 0. The molecule has 1 heterocycles. The number of rotatable bonds is 6. The number of quaternary nitrogens is 2. The largest absolute Gasteiger partial charge is 0.507 e. The van der Waals surface area contributed by atoms with Crippen LogP contribution >= 0.6 is 0 Å². The molecular formula is C25H37N3O2+2. The summed E-state index contributed by atoms with van der Waals surface area (Å²) in [6, 6.07) is 10.1. The summed E-state index contributed by atoms with van der Waals surface area (Å²) in [5.74, 6) is 0.947. The second kappa shape index (κ2) is 9.63. The summed E-state index contributed by atoms with van der Waals surface area (Å²) in [4.78, 5) is 15.3. The average molecular weight is 412 g/mol. The van der Waals surface area contributed by atoms with Gasteiger partial charge in [-0.3, -0.25) is 4.79 Å². The minimum absolute atomic E-state index is 0.0832. The molecule has 0 bridgehead atoms. The number of benzene rings is 2. The van der Waals surface area contributed by atoms with Gasteiger partial charge in [-0.05, 0) is 67.1 Å². The van der Waals surface area contributed by atoms with Crippen molar-refractivity contribution in [3.63, 3.8) is 0 Å². The maximum Gasteiger partial charge on any atom is 0.279 e. The lowest BCUT2D eigenvalue weighted by Crippen LogP contribution is -3.28. The standard InChI is InChI=1S/C25H35N3O2/c1-17(2)22-14-21(24(29)13-19(22)4)15-27-9-11-28(12-10-27)16-25(30)26-23-8-6-7-18(3)20(23)5/h6-8,13-14,17,29H,9-12,15-16H2,1-5H3,(H,26,30)/p+2. The quantitative estimate of drug-likeness (QED) is 0.580. The predicted octanol–water partition coefficient (Wildman–Crippen LogP) is 1.36. The van der Waals surface area contributed by atoms with Crippen LogP contribution in [0.3, 0.4) is 0 Å². The lowest BCUT2D eigenvalue weighted by molar-refractivity contribution is -1.02. The van der Waals surface area contributed by atoms with E-state index in [2.05, 4.69) is 45.1 Å². The van der Waals surface area contributed by atoms with Crippen LogP contribution in [0.15, 0.2) is 30.3 Å². The first-order valence-electron chi connectivity index (χ1n) is 11.1. The van der Waals surface area contributed by atoms with Gasteiger partial charge in [0.1, 0.15) is 38.5 Å². The summed E-state index contributed by atoms with van der Waals surface area (Å²) in [5, 5.41) is 13.5. The molecule has 0 radical (unpaired) electrons. The number of amides is 1. The van der Waals surface area contributed by atoms with Crippen LogP contribution in [0.4, 0.5) is 5.69 Å². The van der Waals surface area contributed by atoms with Gasteiger partial charge in [-0.15, -0.1) is 0 Å². The van der Waals surface area contributed by atoms with Crippen molar-refractivity contribution in [3.8, 4) is 5.75 Å². The van der Waals surface area contributed by atoms with Crippen molar-refractivity contribution in [1.82, 2.24) is 0 Å². The molecule has 2 aromatic carbocycles. The molecule has 0 aliphatic carbocycles. The number of nitrogens with one attached hydrogen (secondary N) is 3. The van der Waals surface area contributed by atoms with Crippen molar-refractivity contribution in [1.29, 1.82) is 0 Å². The number of aromatic hydroxyl groups is 1. The molecular weight excluding hydrogens is 374 g/mol. The second-order valence-corrected chi connectivity index (χ2v) is 9.14. The fraction of sp³-hybridized carbons (Fsp3) is 0.480. The molecule has 1 fully saturated rings. The van der Waals surface area contributed by atoms with E-state index in [-0.39, 0.29) is 5.91 Å². The number of carbonyl (C=O) groups excluding carboxylic acids is 1. The third-order valence-electron chi connectivity index (χ3n) is 6.48. The number of hydrogen-bond donors (Lipinski definition) is 4. The minimum Gasteiger partial charge on any atom is -0.507 e. The number of anilines is 1. The Hall–Kier alpha value is -2.37. The monoisotopic (exact) mass is 411 g/mol. The van der Waals surface area contributed by atoms with Crippen molar-refractivity contribution < 1.29 is 19.7 Å². The number of hydrogen-bond acceptors (Lipinski definition) is 2. The Morgan fingerprint density at radius 1 is 1.03 bits per heavy atom. The summed E-state index contributed by atoms with van der Waals surface area (Å²) in [6.07, 6.45) is 0. The second-order valence-electron chi connectivity index (χ2n) is 9.14. The molecule has 5 nitrogen and oxygen atoms in total. The molecule has 1 saturated heterocycles. The van der Waals surface area contributed by atoms with E-state index >= 15 is 0 Å². The molecule has 0 aromatic heterocycles. The van der Waals surface area contributed by atoms with Crippen LogP contribution in [0.25, 0.3) is 0 Å². The third kappa shape index (κ3) is 5.41. The first-order chi connectivity index (χ1) is 14.2. The molecule has 4 N–H and O–H groups in total. The van der Waals surface area contributed by atoms with E-state index < -0.39 is 0 Å². The first kappa shape index (κ1) is 22.3. The molecule has 1 aliphatic rings. The van der Waals surface area contributed by atoms with Crippen LogP contribution in [0.2, 0.25) is 0 Å². The SMILES string of the molecule is Cc1cc(O)c(C[NH+]2CC[NH+](CC(=O)Nc3cccc(C)c3C)CC2)cc1C(C)C. The molecule has 0 unspecified atom stereocenters. The fourth-order valence-corrected chi connectivity index (χ4v) is 4.41. The van der Waals surface area contributed by atoms with E-state index in [1.165, 1.54) is 20.9 Å². The van der Waals surface area contributed by atoms with Gasteiger partial charge in [-0.1, -0.05) is 26.0 Å². The van der Waals surface area contributed by atoms with E-state index in [1.54, 1.807) is 0 Å². The number of phenols is 1. The van der Waals surface area contributed by atoms with E-state index in [9.17, 15) is 9.90 Å². The highest BCUT2D eigenvalue weighted by Crippen LogP contribution is 2.26. The summed E-state index contributed by atoms with van der Waals surface area (Å²) >= 11 is 0. The van der Waals surface area contributed by atoms with Gasteiger partial charge in [0.25, 0.3) is 5.91 Å². The molecule has 5 heteroatoms. The van der Waals surface area contributed by atoms with Crippen LogP contribution in [-0.2, 0) is 11.3 Å². The van der Waals surface area contributed by atoms with Crippen molar-refractivity contribution in [2.45, 2.75) is 47.1 Å². The van der Waals surface area contributed by atoms with Gasteiger partial charge in [0.15, 0.2) is 6.54 Å². The maximum atomic E-state index is 12.5. The van der Waals surface area contributed by atoms with Crippen LogP contribution < -0.4 is 15.1 Å². The first-order valence-corrected chi connectivity index (χ1v) is 11.1. The van der Waals surface area contributed by atoms with Crippen molar-refractivity contribution in [2.24, 2.45) is 0 Å². The van der Waals surface area contributed by atoms with Crippen LogP contribution in [0, 0.1) is 20.8 Å². The zero-order valence-electron chi connectivity index (χ0n) is 19.1. The van der Waals surface area contributed by atoms with Crippen molar-refractivity contribution in [2.75, 3.05) is 38.0 Å². The number of phenolic OH excluding ortho intramolecular Hbond substituents is 1. The van der Waals surface area contributed by atoms with Crippen molar-refractivity contribution in [3.05, 3.63) is 58.1 Å². The average Bonchev–Trinajstić information content (AvgIpc) is 2.68. The summed E-state index contributed by atoms with van der Waals surface area (Å²) in [6.45, 7) is 15.9. The van der Waals surface area contributed by atoms with Gasteiger partial charge >= 0.3 is 0 Å². The van der Waals surface area contributed by atoms with Crippen molar-refractivity contribution >= 4 is 11.6 Å². The maximum absolute atomic E-state index is 12.5. The topological polar surface area (TPSA) is 58.2 Å². The molecule has 1 amide bonds. The number of piperazine rings is 1. The van der Waals surface area contributed by atoms with Gasteiger partial charge in [0.2, 0.25) is 0 Å². The zero-order valence-corrected chi connectivity index (χ0v) is 19.1. The van der Waals surface area contributed by atoms with Gasteiger partial charge in [0.05, 0.1) is 0 Å². The van der Waals surface area contributed by atoms with Crippen LogP contribution in [0.1, 0.15) is 47.6 Å². The lowest BCUT2D eigenvalue weighted by atomic mass is 9.95. The van der Waals surface area contributed by atoms with Gasteiger partial charge in [-0.25, -0.2) is 0 Å². The number of carbonyl (C=O) groups is 1. The fourth-order valence-electron chi connectivity index (χ4n) is 4.41. The Kier molecular flexibility index (Phi) is 7.16. The molecule has 1 aliphatic heterocycles. The Bertz CT molecular complexity index is 900.